The quantitative estimate of drug-likeness (QED) is 0.0260. The molecule has 5 aliphatic heterocycles. The largest absolute Gasteiger partial charge is 0.494 e. The van der Waals surface area contributed by atoms with Crippen LogP contribution < -0.4 is 14.9 Å². The molecule has 3 unspecified atom stereocenters. The van der Waals surface area contributed by atoms with Crippen molar-refractivity contribution in [1.82, 2.24) is 42.0 Å². The number of fused-ring (bicyclic) bond motifs is 4. The van der Waals surface area contributed by atoms with E-state index in [-0.39, 0.29) is 76.0 Å². The third-order valence-electron chi connectivity index (χ3n) is 19.6. The van der Waals surface area contributed by atoms with Crippen LogP contribution in [0.3, 0.4) is 0 Å². The molecule has 112 heavy (non-hydrogen) atoms. The molecule has 5 saturated heterocycles. The summed E-state index contributed by atoms with van der Waals surface area (Å²) < 4.78 is 119. The Labute approximate surface area is 694 Å². The molecule has 0 radical (unpaired) electrons. The second kappa shape index (κ2) is 37.1. The summed E-state index contributed by atoms with van der Waals surface area (Å²) in [7, 11) is 0.546. The summed E-state index contributed by atoms with van der Waals surface area (Å²) in [6.07, 6.45) is 1.29. The van der Waals surface area contributed by atoms with E-state index in [1.54, 1.807) is 86.1 Å². The summed E-state index contributed by atoms with van der Waals surface area (Å²) in [5, 5.41) is 21.2. The van der Waals surface area contributed by atoms with E-state index in [1.165, 1.54) is 0 Å². The Morgan fingerprint density at radius 1 is 0.545 bits per heavy atom. The first-order valence-electron chi connectivity index (χ1n) is 36.6. The number of hydrogen-bond acceptors (Lipinski definition) is 22. The summed E-state index contributed by atoms with van der Waals surface area (Å²) in [6.45, 7) is 24.8. The summed E-state index contributed by atoms with van der Waals surface area (Å²) in [5.41, 5.74) is 8.23. The number of hydrogen-bond donors (Lipinski definition) is 2. The molecule has 0 aliphatic carbocycles. The zero-order valence-electron chi connectivity index (χ0n) is 67.0. The predicted molar refractivity (Wildman–Crippen MR) is 463 cm³/mol. The van der Waals surface area contributed by atoms with Crippen molar-refractivity contribution >= 4 is 160 Å². The summed E-state index contributed by atoms with van der Waals surface area (Å²) in [5.74, 6) is 0. The van der Waals surface area contributed by atoms with Crippen molar-refractivity contribution in [3.8, 4) is 34.4 Å². The van der Waals surface area contributed by atoms with Crippen LogP contribution in [0.15, 0.2) is 127 Å². The lowest BCUT2D eigenvalue weighted by Gasteiger charge is -2.32. The van der Waals surface area contributed by atoms with Crippen molar-refractivity contribution in [2.75, 3.05) is 101 Å². The van der Waals surface area contributed by atoms with Crippen LogP contribution in [0.4, 0.5) is 17.1 Å². The molecule has 612 valence electrons. The average Bonchev–Trinajstić information content (AvgIpc) is 1.38. The molecule has 9 heterocycles. The molecule has 5 aliphatic rings. The highest BCUT2D eigenvalue weighted by molar-refractivity contribution is 14.1. The first-order chi connectivity index (χ1) is 52.4. The summed E-state index contributed by atoms with van der Waals surface area (Å²) >= 11 is 18.5. The van der Waals surface area contributed by atoms with Crippen LogP contribution in [0.25, 0.3) is 44.7 Å². The Bertz CT molecular complexity index is 4970. The number of benzene rings is 4. The zero-order chi connectivity index (χ0) is 81.8. The minimum Gasteiger partial charge on any atom is -0.456 e. The van der Waals surface area contributed by atoms with Gasteiger partial charge in [0.1, 0.15) is 94.6 Å². The maximum absolute atomic E-state index is 12.6. The van der Waals surface area contributed by atoms with E-state index >= 15 is 0 Å². The van der Waals surface area contributed by atoms with Gasteiger partial charge in [0.05, 0.1) is 70.4 Å². The smallest absolute Gasteiger partial charge is 0.456 e. The fourth-order valence-corrected chi connectivity index (χ4v) is 16.2. The highest BCUT2D eigenvalue weighted by Gasteiger charge is 2.53. The van der Waals surface area contributed by atoms with Gasteiger partial charge < -0.3 is 57.4 Å². The van der Waals surface area contributed by atoms with Crippen LogP contribution in [0.2, 0.25) is 61.4 Å². The molecule has 0 bridgehead atoms. The minimum atomic E-state index is -2.46. The number of halogens is 4. The SMILES string of the molecule is CN(C)S(C)(=O)=Nc1ccc(-c2ccc(-c3nc4c(cc3Cl)nc(O[C@@H]3CO[C@H]5[C@@H]3OC[C@H]5O)n4COCC[Si](C)(C)C)cc2)cc1.CN(C)S(C)(=O)=Nc1ccc(B2OC(C)(C)C(C)(C)O2)cc1.CN(C)S(C)(=O)=Nc1ccc(Br)cc1.C[Si](C)(C)CCOCn1c(O[C@@H]2CO[C@H]3[C@@H]2OC[C@H]3O)nc2cc(Cl)c(I)nc21. The molecule has 4 aromatic heterocycles. The molecule has 11 atom stereocenters. The molecule has 0 amide bonds. The number of aromatic nitrogens is 6. The van der Waals surface area contributed by atoms with E-state index in [2.05, 4.69) is 101 Å². The lowest BCUT2D eigenvalue weighted by Crippen LogP contribution is -2.41. The van der Waals surface area contributed by atoms with Crippen molar-refractivity contribution in [1.29, 1.82) is 0 Å². The van der Waals surface area contributed by atoms with E-state index < -0.39 is 70.3 Å². The summed E-state index contributed by atoms with van der Waals surface area (Å²) in [4.78, 5) is 18.9. The monoisotopic (exact) mass is 1850 g/mol. The van der Waals surface area contributed by atoms with Gasteiger partial charge in [-0.1, -0.05) is 127 Å². The normalized spacial score (nSPS) is 22.8. The third kappa shape index (κ3) is 23.0. The highest BCUT2D eigenvalue weighted by atomic mass is 127. The van der Waals surface area contributed by atoms with E-state index in [0.717, 1.165) is 44.4 Å². The Balaban J connectivity index is 0.000000174. The molecule has 2 N–H and O–H groups in total. The van der Waals surface area contributed by atoms with Gasteiger partial charge in [0, 0.05) is 100 Å². The standard InChI is InChI=1S/C33H42ClN5O6SSi.C18H25ClIN3O5Si.C15H25BN2O3S.C9H13BrN2OS/c1-38(2)46(3,41)37-24-13-11-22(12-14-24)21-7-9-23(10-8-21)29-25(34)17-26-32(36-29)39(20-42-15-16-47(4,5)6)33(35-26)45-28-19-44-30-27(40)18-43-31(28)30;1-29(2,3)5-4-25-9-23-17-11(6-10(19)16(20)22-17)21-18(23)28-13-8-27-14-12(24)7-26-15(13)14;1-14(2)15(3,4)21-16(20-14)12-8-10-13(11-9-12)17-22(7,19)18(5)6;1-12(2)14(3,13)11-9-6-4-8(10)5-7-9/h7-14,17,27-28,30-31,40H,15-16,18-20H2,1-6H3;6,12-15,24H,4-5,7-9H2,1-3H3;8-11H,1-7H3;4-7H,1-3H3/t27-,28-,30-,31-,46?;12-,13-,14-,15-;;/m11../s1. The number of rotatable bonds is 23. The molecule has 13 rings (SSSR count). The van der Waals surface area contributed by atoms with Gasteiger partial charge in [-0.3, -0.25) is 9.13 Å². The van der Waals surface area contributed by atoms with Crippen LogP contribution in [0, 0.1) is 3.70 Å². The highest BCUT2D eigenvalue weighted by Crippen LogP contribution is 2.39. The van der Waals surface area contributed by atoms with Gasteiger partial charge in [-0.2, -0.15) is 23.1 Å². The van der Waals surface area contributed by atoms with Gasteiger partial charge >= 0.3 is 19.1 Å². The number of pyridine rings is 2. The molecule has 0 saturated carbocycles. The Hall–Kier alpha value is -4.66. The van der Waals surface area contributed by atoms with Crippen LogP contribution >= 0.6 is 61.7 Å². The van der Waals surface area contributed by atoms with Crippen molar-refractivity contribution in [3.63, 3.8) is 0 Å². The van der Waals surface area contributed by atoms with E-state index in [1.807, 2.05) is 134 Å². The maximum Gasteiger partial charge on any atom is 0.494 e. The fourth-order valence-electron chi connectivity index (χ4n) is 11.6. The third-order valence-corrected chi connectivity index (χ3v) is 31.0. The van der Waals surface area contributed by atoms with Gasteiger partial charge in [-0.25, -0.2) is 35.5 Å². The molecular formula is C75H105BBrCl2IN12O15S3Si2. The molecular weight excluding hydrogens is 1750 g/mol. The van der Waals surface area contributed by atoms with Crippen LogP contribution in [-0.4, -0.2) is 249 Å². The molecule has 37 heteroatoms. The first kappa shape index (κ1) is 89.7. The number of nitrogens with zero attached hydrogens (tertiary/aromatic N) is 12. The minimum absolute atomic E-state index is 0.207. The van der Waals surface area contributed by atoms with Gasteiger partial charge in [0.25, 0.3) is 0 Å². The van der Waals surface area contributed by atoms with Gasteiger partial charge in [-0.05, 0) is 140 Å². The first-order valence-corrected chi connectivity index (χ1v) is 52.3. The van der Waals surface area contributed by atoms with Gasteiger partial charge in [-0.15, -0.1) is 0 Å². The van der Waals surface area contributed by atoms with Crippen LogP contribution in [-0.2, 0) is 80.9 Å². The average molecular weight is 1860 g/mol. The molecule has 27 nitrogen and oxygen atoms in total. The zero-order valence-corrected chi connectivity index (χ0v) is 76.7. The molecule has 4 aromatic carbocycles. The van der Waals surface area contributed by atoms with Gasteiger partial charge in [0.2, 0.25) is 0 Å². The number of aliphatic hydroxyl groups excluding tert-OH is 2. The Kier molecular flexibility index (Phi) is 29.7. The predicted octanol–water partition coefficient (Wildman–Crippen LogP) is 13.6. The lowest BCUT2D eigenvalue weighted by atomic mass is 9.79. The maximum atomic E-state index is 12.6. The number of imidazole rings is 2. The van der Waals surface area contributed by atoms with Crippen molar-refractivity contribution in [2.24, 2.45) is 13.1 Å². The Morgan fingerprint density at radius 2 is 0.902 bits per heavy atom. The fraction of sp³-hybridized carbons (Fsp3) is 0.520. The molecule has 8 aromatic rings. The second-order valence-corrected chi connectivity index (χ2v) is 53.3. The second-order valence-electron chi connectivity index (χ2n) is 32.0. The topological polar surface area (TPSA) is 292 Å². The number of ether oxygens (including phenoxy) is 8. The number of aliphatic hydroxyl groups is 2. The van der Waals surface area contributed by atoms with Crippen molar-refractivity contribution in [2.45, 2.75) is 153 Å². The Morgan fingerprint density at radius 3 is 1.30 bits per heavy atom. The van der Waals surface area contributed by atoms with E-state index in [9.17, 15) is 22.8 Å². The summed E-state index contributed by atoms with van der Waals surface area (Å²) in [6, 6.07) is 37.0. The van der Waals surface area contributed by atoms with E-state index in [4.69, 9.17) is 80.4 Å². The van der Waals surface area contributed by atoms with Crippen molar-refractivity contribution in [3.05, 3.63) is 127 Å². The van der Waals surface area contributed by atoms with Gasteiger partial charge in [0.15, 0.2) is 23.5 Å². The van der Waals surface area contributed by atoms with Crippen LogP contribution in [0.5, 0.6) is 12.0 Å². The molecule has 0 spiro atoms. The van der Waals surface area contributed by atoms with E-state index in [0.29, 0.717) is 85.0 Å². The van der Waals surface area contributed by atoms with Crippen LogP contribution in [0.1, 0.15) is 27.7 Å². The lowest BCUT2D eigenvalue weighted by molar-refractivity contribution is 0.00332. The molecule has 5 fully saturated rings. The van der Waals surface area contributed by atoms with Crippen molar-refractivity contribution < 1.29 is 70.0 Å².